The van der Waals surface area contributed by atoms with Crippen LogP contribution in [0.3, 0.4) is 0 Å². The highest BCUT2D eigenvalue weighted by atomic mass is 16.7. The largest absolute Gasteiger partial charge is 0.508 e. The molecule has 7 heteroatoms. The lowest BCUT2D eigenvalue weighted by molar-refractivity contribution is -0.122. The van der Waals surface area contributed by atoms with Gasteiger partial charge in [0.05, 0.1) is 0 Å². The van der Waals surface area contributed by atoms with Gasteiger partial charge in [-0.05, 0) is 18.2 Å². The van der Waals surface area contributed by atoms with Crippen LogP contribution in [0.1, 0.15) is 17.2 Å². The third kappa shape index (κ3) is 1.97. The summed E-state index contributed by atoms with van der Waals surface area (Å²) in [5, 5.41) is 41.2. The van der Waals surface area contributed by atoms with Crippen LogP contribution in [-0.4, -0.2) is 33.8 Å². The van der Waals surface area contributed by atoms with Crippen LogP contribution in [0.25, 0.3) is 0 Å². The highest BCUT2D eigenvalue weighted by Crippen LogP contribution is 2.49. The van der Waals surface area contributed by atoms with Crippen LogP contribution in [0.4, 0.5) is 0 Å². The minimum Gasteiger partial charge on any atom is -0.508 e. The minimum absolute atomic E-state index is 0.00711. The summed E-state index contributed by atoms with van der Waals surface area (Å²) < 4.78 is 15.9. The molecule has 0 saturated heterocycles. The second-order valence-corrected chi connectivity index (χ2v) is 5.56. The van der Waals surface area contributed by atoms with Gasteiger partial charge in [0.1, 0.15) is 30.0 Å². The molecule has 2 aromatic carbocycles. The van der Waals surface area contributed by atoms with Gasteiger partial charge in [-0.15, -0.1) is 0 Å². The highest BCUT2D eigenvalue weighted by Gasteiger charge is 2.46. The average Bonchev–Trinajstić information content (AvgIpc) is 2.97. The molecule has 4 rings (SSSR count). The molecule has 0 amide bonds. The second kappa shape index (κ2) is 4.68. The monoisotopic (exact) mass is 318 g/mol. The van der Waals surface area contributed by atoms with Gasteiger partial charge >= 0.3 is 0 Å². The Kier molecular flexibility index (Phi) is 2.84. The number of benzene rings is 2. The topological polar surface area (TPSA) is 109 Å². The first-order chi connectivity index (χ1) is 11.0. The van der Waals surface area contributed by atoms with E-state index in [0.717, 1.165) is 0 Å². The number of phenols is 2. The Labute approximate surface area is 130 Å². The fourth-order valence-electron chi connectivity index (χ4n) is 2.90. The summed E-state index contributed by atoms with van der Waals surface area (Å²) in [4.78, 5) is 0. The van der Waals surface area contributed by atoms with Gasteiger partial charge in [0.15, 0.2) is 17.1 Å². The molecule has 0 bridgehead atoms. The molecule has 23 heavy (non-hydrogen) atoms. The van der Waals surface area contributed by atoms with Crippen molar-refractivity contribution in [2.24, 2.45) is 0 Å². The Morgan fingerprint density at radius 1 is 0.957 bits per heavy atom. The van der Waals surface area contributed by atoms with Crippen molar-refractivity contribution in [3.63, 3.8) is 0 Å². The fraction of sp³-hybridized carbons (Fsp3) is 0.250. The number of aliphatic hydroxyl groups excluding tert-OH is 1. The first-order valence-corrected chi connectivity index (χ1v) is 6.98. The maximum absolute atomic E-state index is 10.9. The number of rotatable bonds is 1. The number of fused-ring (bicyclic) bond motifs is 2. The molecule has 0 aliphatic carbocycles. The Balaban J connectivity index is 1.81. The molecule has 0 radical (unpaired) electrons. The number of ether oxygens (including phenoxy) is 3. The summed E-state index contributed by atoms with van der Waals surface area (Å²) in [6.45, 7) is -0.268. The van der Waals surface area contributed by atoms with Crippen molar-refractivity contribution in [1.82, 2.24) is 0 Å². The summed E-state index contributed by atoms with van der Waals surface area (Å²) in [5.41, 5.74) is -1.48. The molecular weight excluding hydrogens is 304 g/mol. The number of hydrogen-bond donors (Lipinski definition) is 4. The standard InChI is InChI=1S/C16H14O7/c17-8-1-2-9-12(3-8)21-6-16(20,15(9)19)10-4-13-14(5-11(10)18)23-7-22-13/h1-5,15,17-20H,6-7H2/t15-,16+/m1/s1. The number of hydrogen-bond acceptors (Lipinski definition) is 7. The summed E-state index contributed by atoms with van der Waals surface area (Å²) in [6, 6.07) is 6.96. The van der Waals surface area contributed by atoms with Gasteiger partial charge in [0.2, 0.25) is 6.79 Å². The first kappa shape index (κ1) is 14.0. The van der Waals surface area contributed by atoms with E-state index in [2.05, 4.69) is 0 Å². The molecule has 0 unspecified atom stereocenters. The Bertz CT molecular complexity index is 788. The van der Waals surface area contributed by atoms with E-state index in [-0.39, 0.29) is 36.2 Å². The Hall–Kier alpha value is -2.64. The lowest BCUT2D eigenvalue weighted by Crippen LogP contribution is -2.42. The molecule has 2 aliphatic rings. The van der Waals surface area contributed by atoms with Crippen molar-refractivity contribution in [1.29, 1.82) is 0 Å². The van der Waals surface area contributed by atoms with Crippen LogP contribution in [0.15, 0.2) is 30.3 Å². The van der Waals surface area contributed by atoms with Crippen LogP contribution in [0.5, 0.6) is 28.7 Å². The van der Waals surface area contributed by atoms with Gasteiger partial charge in [0, 0.05) is 23.3 Å². The van der Waals surface area contributed by atoms with Gasteiger partial charge in [-0.2, -0.15) is 0 Å². The molecule has 7 nitrogen and oxygen atoms in total. The molecule has 0 aromatic heterocycles. The molecule has 120 valence electrons. The summed E-state index contributed by atoms with van der Waals surface area (Å²) >= 11 is 0. The quantitative estimate of drug-likeness (QED) is 0.624. The normalized spacial score (nSPS) is 24.9. The van der Waals surface area contributed by atoms with Crippen molar-refractivity contribution in [2.75, 3.05) is 13.4 Å². The minimum atomic E-state index is -1.87. The van der Waals surface area contributed by atoms with Crippen LogP contribution in [0.2, 0.25) is 0 Å². The number of aliphatic hydroxyl groups is 2. The smallest absolute Gasteiger partial charge is 0.231 e. The van der Waals surface area contributed by atoms with E-state index in [0.29, 0.717) is 17.1 Å². The SMILES string of the molecule is Oc1ccc2c(c1)OC[C@](O)(c1cc3c(cc1O)OCO3)[C@@H]2O. The van der Waals surface area contributed by atoms with E-state index in [9.17, 15) is 20.4 Å². The van der Waals surface area contributed by atoms with Crippen LogP contribution in [-0.2, 0) is 5.60 Å². The van der Waals surface area contributed by atoms with E-state index < -0.39 is 11.7 Å². The highest BCUT2D eigenvalue weighted by molar-refractivity contribution is 5.55. The van der Waals surface area contributed by atoms with Crippen molar-refractivity contribution < 1.29 is 34.6 Å². The van der Waals surface area contributed by atoms with E-state index in [1.54, 1.807) is 0 Å². The van der Waals surface area contributed by atoms with Gasteiger partial charge in [0.25, 0.3) is 0 Å². The third-order valence-corrected chi connectivity index (χ3v) is 4.15. The number of aromatic hydroxyl groups is 2. The maximum atomic E-state index is 10.9. The van der Waals surface area contributed by atoms with Gasteiger partial charge in [-0.25, -0.2) is 0 Å². The molecular formula is C16H14O7. The van der Waals surface area contributed by atoms with E-state index in [1.807, 2.05) is 0 Å². The predicted molar refractivity (Wildman–Crippen MR) is 76.7 cm³/mol. The van der Waals surface area contributed by atoms with Gasteiger partial charge < -0.3 is 34.6 Å². The van der Waals surface area contributed by atoms with Gasteiger partial charge in [-0.3, -0.25) is 0 Å². The Morgan fingerprint density at radius 2 is 1.70 bits per heavy atom. The molecule has 2 heterocycles. The molecule has 2 aliphatic heterocycles. The summed E-state index contributed by atoms with van der Waals surface area (Å²) in [5.74, 6) is 0.776. The van der Waals surface area contributed by atoms with E-state index in [1.165, 1.54) is 30.3 Å². The van der Waals surface area contributed by atoms with E-state index >= 15 is 0 Å². The van der Waals surface area contributed by atoms with E-state index in [4.69, 9.17) is 14.2 Å². The summed E-state index contributed by atoms with van der Waals surface area (Å²) in [7, 11) is 0. The molecule has 0 fully saturated rings. The van der Waals surface area contributed by atoms with Gasteiger partial charge in [-0.1, -0.05) is 0 Å². The number of phenolic OH excluding ortho intramolecular Hbond substituents is 2. The van der Waals surface area contributed by atoms with Crippen molar-refractivity contribution in [3.8, 4) is 28.7 Å². The van der Waals surface area contributed by atoms with Crippen molar-refractivity contribution in [2.45, 2.75) is 11.7 Å². The van der Waals surface area contributed by atoms with Crippen LogP contribution < -0.4 is 14.2 Å². The zero-order chi connectivity index (χ0) is 16.2. The molecule has 0 spiro atoms. The third-order valence-electron chi connectivity index (χ3n) is 4.15. The van der Waals surface area contributed by atoms with Crippen molar-refractivity contribution >= 4 is 0 Å². The average molecular weight is 318 g/mol. The second-order valence-electron chi connectivity index (χ2n) is 5.56. The Morgan fingerprint density at radius 3 is 2.48 bits per heavy atom. The van der Waals surface area contributed by atoms with Crippen LogP contribution >= 0.6 is 0 Å². The molecule has 2 atom stereocenters. The zero-order valence-electron chi connectivity index (χ0n) is 11.9. The lowest BCUT2D eigenvalue weighted by atomic mass is 9.82. The molecule has 0 saturated carbocycles. The maximum Gasteiger partial charge on any atom is 0.231 e. The lowest BCUT2D eigenvalue weighted by Gasteiger charge is -2.38. The van der Waals surface area contributed by atoms with Crippen LogP contribution in [0, 0.1) is 0 Å². The predicted octanol–water partition coefficient (Wildman–Crippen LogP) is 1.14. The zero-order valence-corrected chi connectivity index (χ0v) is 11.9. The first-order valence-electron chi connectivity index (χ1n) is 6.98. The van der Waals surface area contributed by atoms with Crippen molar-refractivity contribution in [3.05, 3.63) is 41.5 Å². The summed E-state index contributed by atoms with van der Waals surface area (Å²) in [6.07, 6.45) is -1.35. The molecule has 4 N–H and O–H groups in total. The molecule has 2 aromatic rings. The fourth-order valence-corrected chi connectivity index (χ4v) is 2.90.